The van der Waals surface area contributed by atoms with Crippen LogP contribution >= 0.6 is 0 Å². The van der Waals surface area contributed by atoms with Crippen molar-refractivity contribution < 1.29 is 35.8 Å². The van der Waals surface area contributed by atoms with Crippen LogP contribution in [0.2, 0.25) is 0 Å². The molecule has 1 aliphatic rings. The fourth-order valence-electron chi connectivity index (χ4n) is 2.48. The molecule has 92 valence electrons. The number of benzene rings is 2. The van der Waals surface area contributed by atoms with Gasteiger partial charge in [-0.3, -0.25) is 10.1 Å². The summed E-state index contributed by atoms with van der Waals surface area (Å²) in [5.41, 5.74) is 1.17. The maximum absolute atomic E-state index is 12.3. The van der Waals surface area contributed by atoms with Crippen molar-refractivity contribution in [2.75, 3.05) is 6.67 Å². The van der Waals surface area contributed by atoms with Gasteiger partial charge in [0.1, 0.15) is 0 Å². The molecule has 0 spiro atoms. The predicted molar refractivity (Wildman–Crippen MR) is 70.9 cm³/mol. The van der Waals surface area contributed by atoms with Gasteiger partial charge in [0.25, 0.3) is 5.91 Å². The van der Waals surface area contributed by atoms with E-state index in [2.05, 4.69) is 10.6 Å². The third kappa shape index (κ3) is 2.35. The van der Waals surface area contributed by atoms with Crippen LogP contribution in [0, 0.1) is 0 Å². The third-order valence-corrected chi connectivity index (χ3v) is 3.36. The molecule has 19 heavy (non-hydrogen) atoms. The summed E-state index contributed by atoms with van der Waals surface area (Å²) in [6.45, 7) is 0.489. The summed E-state index contributed by atoms with van der Waals surface area (Å²) in [7, 11) is 0. The van der Waals surface area contributed by atoms with E-state index in [4.69, 9.17) is 0 Å². The van der Waals surface area contributed by atoms with E-state index in [0.29, 0.717) is 6.67 Å². The first kappa shape index (κ1) is 14.3. The molecule has 1 amide bonds. The molecule has 0 bridgehead atoms. The Labute approximate surface area is 136 Å². The summed E-state index contributed by atoms with van der Waals surface area (Å²) in [6, 6.07) is 19.6. The van der Waals surface area contributed by atoms with Gasteiger partial charge in [-0.05, 0) is 11.1 Å². The van der Waals surface area contributed by atoms with E-state index in [9.17, 15) is 4.79 Å². The minimum absolute atomic E-state index is 0. The Hall–Kier alpha value is -1.13. The van der Waals surface area contributed by atoms with E-state index >= 15 is 0 Å². The van der Waals surface area contributed by atoms with Crippen molar-refractivity contribution in [1.82, 2.24) is 10.6 Å². The van der Waals surface area contributed by atoms with Crippen LogP contribution in [0.4, 0.5) is 0 Å². The zero-order valence-electron chi connectivity index (χ0n) is 11.9. The molecule has 1 saturated heterocycles. The number of hydrogen-bond acceptors (Lipinski definition) is 2. The number of rotatable bonds is 2. The maximum Gasteiger partial charge on any atom is 1.00 e. The summed E-state index contributed by atoms with van der Waals surface area (Å²) in [4.78, 5) is 12.3. The Kier molecular flexibility index (Phi) is 4.42. The van der Waals surface area contributed by atoms with Crippen molar-refractivity contribution in [2.45, 2.75) is 5.54 Å². The molecule has 0 radical (unpaired) electrons. The van der Waals surface area contributed by atoms with Crippen molar-refractivity contribution in [3.63, 3.8) is 0 Å². The minimum atomic E-state index is -0.761. The molecule has 2 N–H and O–H groups in total. The first-order valence-corrected chi connectivity index (χ1v) is 5.98. The zero-order valence-corrected chi connectivity index (χ0v) is 12.9. The monoisotopic (exact) mass is 262 g/mol. The largest absolute Gasteiger partial charge is 1.00 e. The quantitative estimate of drug-likeness (QED) is 0.662. The topological polar surface area (TPSA) is 41.1 Å². The van der Waals surface area contributed by atoms with Crippen molar-refractivity contribution in [1.29, 1.82) is 0 Å². The van der Waals surface area contributed by atoms with Crippen LogP contribution in [0.25, 0.3) is 0 Å². The molecule has 1 aliphatic heterocycles. The second-order valence-corrected chi connectivity index (χ2v) is 4.34. The standard InChI is InChI=1S/C15H14N2O.Na.H/c18-14-15(17-11-16-14,12-7-3-1-4-8-12)13-9-5-2-6-10-13;;/h1-10,17H,11H2,(H,16,18);;/q;+1;-1. The van der Waals surface area contributed by atoms with E-state index < -0.39 is 5.54 Å². The van der Waals surface area contributed by atoms with Gasteiger partial charge < -0.3 is 6.74 Å². The van der Waals surface area contributed by atoms with Gasteiger partial charge in [0.2, 0.25) is 0 Å². The first-order chi connectivity index (χ1) is 8.84. The van der Waals surface area contributed by atoms with E-state index in [1.165, 1.54) is 0 Å². The number of carbonyl (C=O) groups is 1. The van der Waals surface area contributed by atoms with Crippen molar-refractivity contribution in [3.8, 4) is 0 Å². The minimum Gasteiger partial charge on any atom is -1.00 e. The zero-order chi connectivity index (χ0) is 12.4. The Bertz CT molecular complexity index is 523. The summed E-state index contributed by atoms with van der Waals surface area (Å²) < 4.78 is 0. The number of nitrogens with one attached hydrogen (secondary N) is 2. The number of carbonyl (C=O) groups excluding carboxylic acids is 1. The maximum atomic E-state index is 12.3. The van der Waals surface area contributed by atoms with Crippen LogP contribution in [0.3, 0.4) is 0 Å². The summed E-state index contributed by atoms with van der Waals surface area (Å²) in [5, 5.41) is 6.15. The van der Waals surface area contributed by atoms with Crippen LogP contribution in [0.1, 0.15) is 12.6 Å². The molecule has 0 aliphatic carbocycles. The van der Waals surface area contributed by atoms with Crippen LogP contribution in [-0.4, -0.2) is 12.6 Å². The average molecular weight is 262 g/mol. The van der Waals surface area contributed by atoms with Crippen molar-refractivity contribution >= 4 is 5.91 Å². The molecule has 0 aromatic heterocycles. The molecule has 3 rings (SSSR count). The van der Waals surface area contributed by atoms with Gasteiger partial charge >= 0.3 is 29.6 Å². The molecule has 0 atom stereocenters. The predicted octanol–water partition coefficient (Wildman–Crippen LogP) is -1.28. The Morgan fingerprint density at radius 3 is 1.74 bits per heavy atom. The van der Waals surface area contributed by atoms with Gasteiger partial charge in [0.15, 0.2) is 5.54 Å². The van der Waals surface area contributed by atoms with Crippen molar-refractivity contribution in [2.24, 2.45) is 0 Å². The van der Waals surface area contributed by atoms with Crippen LogP contribution in [0.15, 0.2) is 60.7 Å². The first-order valence-electron chi connectivity index (χ1n) is 5.98. The molecular formula is C15H15N2NaO. The Balaban J connectivity index is 0.000001000. The fourth-order valence-corrected chi connectivity index (χ4v) is 2.48. The Morgan fingerprint density at radius 2 is 1.37 bits per heavy atom. The van der Waals surface area contributed by atoms with Gasteiger partial charge in [0, 0.05) is 0 Å². The summed E-state index contributed by atoms with van der Waals surface area (Å²) >= 11 is 0. The van der Waals surface area contributed by atoms with E-state index in [-0.39, 0.29) is 36.9 Å². The molecule has 1 fully saturated rings. The number of amides is 1. The van der Waals surface area contributed by atoms with E-state index in [1.807, 2.05) is 60.7 Å². The normalized spacial score (nSPS) is 16.5. The van der Waals surface area contributed by atoms with Crippen LogP contribution in [-0.2, 0) is 10.3 Å². The van der Waals surface area contributed by atoms with Gasteiger partial charge in [-0.15, -0.1) is 0 Å². The summed E-state index contributed by atoms with van der Waals surface area (Å²) in [5.74, 6) is -0.0000926. The van der Waals surface area contributed by atoms with Crippen LogP contribution < -0.4 is 40.2 Å². The van der Waals surface area contributed by atoms with Gasteiger partial charge in [-0.25, -0.2) is 0 Å². The summed E-state index contributed by atoms with van der Waals surface area (Å²) in [6.07, 6.45) is 0. The van der Waals surface area contributed by atoms with Gasteiger partial charge in [-0.2, -0.15) is 0 Å². The molecule has 1 heterocycles. The van der Waals surface area contributed by atoms with E-state index in [1.54, 1.807) is 0 Å². The number of hydrogen-bond donors (Lipinski definition) is 2. The smallest absolute Gasteiger partial charge is 1.00 e. The third-order valence-electron chi connectivity index (χ3n) is 3.36. The molecule has 0 unspecified atom stereocenters. The van der Waals surface area contributed by atoms with Gasteiger partial charge in [-0.1, -0.05) is 60.7 Å². The SMILES string of the molecule is O=C1NCNC1(c1ccccc1)c1ccccc1.[H-].[Na+]. The second-order valence-electron chi connectivity index (χ2n) is 4.34. The average Bonchev–Trinajstić information content (AvgIpc) is 2.84. The molecule has 2 aromatic carbocycles. The fraction of sp³-hybridized carbons (Fsp3) is 0.133. The molecule has 0 saturated carbocycles. The molecule has 3 nitrogen and oxygen atoms in total. The van der Waals surface area contributed by atoms with Crippen LogP contribution in [0.5, 0.6) is 0 Å². The Morgan fingerprint density at radius 1 is 0.895 bits per heavy atom. The molecule has 4 heteroatoms. The molecule has 2 aromatic rings. The van der Waals surface area contributed by atoms with E-state index in [0.717, 1.165) is 11.1 Å². The second kappa shape index (κ2) is 5.88. The van der Waals surface area contributed by atoms with Crippen molar-refractivity contribution in [3.05, 3.63) is 71.8 Å². The molecular weight excluding hydrogens is 247 g/mol. The van der Waals surface area contributed by atoms with Gasteiger partial charge in [0.05, 0.1) is 6.67 Å².